The summed E-state index contributed by atoms with van der Waals surface area (Å²) in [5, 5.41) is 0. The highest BCUT2D eigenvalue weighted by Gasteiger charge is 2.20. The SMILES string of the molecule is CC.CCCN(CCP)C(=O)OC(C)(C)C. The van der Waals surface area contributed by atoms with Crippen LogP contribution in [0, 0.1) is 0 Å². The zero-order valence-electron chi connectivity index (χ0n) is 11.7. The van der Waals surface area contributed by atoms with Crippen LogP contribution in [0.4, 0.5) is 4.79 Å². The van der Waals surface area contributed by atoms with Gasteiger partial charge in [-0.1, -0.05) is 20.8 Å². The Labute approximate surface area is 103 Å². The minimum Gasteiger partial charge on any atom is -0.444 e. The standard InChI is InChI=1S/C10H22NO2P.C2H6/c1-5-6-11(7-8-14)9(12)13-10(2,3)4;1-2/h5-8,14H2,1-4H3;1-2H3. The molecule has 0 heterocycles. The molecule has 3 nitrogen and oxygen atoms in total. The summed E-state index contributed by atoms with van der Waals surface area (Å²) < 4.78 is 5.28. The van der Waals surface area contributed by atoms with Crippen LogP contribution < -0.4 is 0 Å². The van der Waals surface area contributed by atoms with Gasteiger partial charge >= 0.3 is 6.09 Å². The van der Waals surface area contributed by atoms with Crippen LogP contribution >= 0.6 is 9.24 Å². The molecule has 0 N–H and O–H groups in total. The predicted molar refractivity (Wildman–Crippen MR) is 74.0 cm³/mol. The van der Waals surface area contributed by atoms with Crippen LogP contribution in [0.5, 0.6) is 0 Å². The lowest BCUT2D eigenvalue weighted by Crippen LogP contribution is -2.38. The van der Waals surface area contributed by atoms with Gasteiger partial charge in [-0.15, -0.1) is 9.24 Å². The summed E-state index contributed by atoms with van der Waals surface area (Å²) in [5.74, 6) is 0. The van der Waals surface area contributed by atoms with E-state index in [2.05, 4.69) is 16.2 Å². The molecule has 1 atom stereocenters. The fraction of sp³-hybridized carbons (Fsp3) is 0.917. The predicted octanol–water partition coefficient (Wildman–Crippen LogP) is 3.53. The Balaban J connectivity index is 0. The van der Waals surface area contributed by atoms with Crippen LogP contribution in [-0.4, -0.2) is 35.8 Å². The van der Waals surface area contributed by atoms with E-state index in [4.69, 9.17) is 4.74 Å². The Morgan fingerprint density at radius 3 is 2.06 bits per heavy atom. The van der Waals surface area contributed by atoms with E-state index in [0.717, 1.165) is 25.7 Å². The van der Waals surface area contributed by atoms with Crippen molar-refractivity contribution in [3.05, 3.63) is 0 Å². The third-order valence-corrected chi connectivity index (χ3v) is 1.80. The molecule has 0 bridgehead atoms. The topological polar surface area (TPSA) is 29.5 Å². The van der Waals surface area contributed by atoms with Crippen molar-refractivity contribution in [2.45, 2.75) is 53.6 Å². The first-order valence-electron chi connectivity index (χ1n) is 6.08. The van der Waals surface area contributed by atoms with Crippen molar-refractivity contribution in [2.75, 3.05) is 19.3 Å². The van der Waals surface area contributed by atoms with Crippen LogP contribution in [0.15, 0.2) is 0 Å². The summed E-state index contributed by atoms with van der Waals surface area (Å²) >= 11 is 0. The van der Waals surface area contributed by atoms with Gasteiger partial charge in [0.1, 0.15) is 5.60 Å². The number of hydrogen-bond donors (Lipinski definition) is 0. The maximum atomic E-state index is 11.6. The van der Waals surface area contributed by atoms with E-state index in [1.807, 2.05) is 34.6 Å². The molecule has 0 aromatic rings. The van der Waals surface area contributed by atoms with E-state index >= 15 is 0 Å². The monoisotopic (exact) mass is 249 g/mol. The van der Waals surface area contributed by atoms with Gasteiger partial charge in [-0.2, -0.15) is 0 Å². The van der Waals surface area contributed by atoms with Crippen molar-refractivity contribution in [2.24, 2.45) is 0 Å². The van der Waals surface area contributed by atoms with Crippen molar-refractivity contribution in [1.82, 2.24) is 4.90 Å². The summed E-state index contributed by atoms with van der Waals surface area (Å²) in [6.45, 7) is 13.2. The van der Waals surface area contributed by atoms with Gasteiger partial charge in [0.15, 0.2) is 0 Å². The molecule has 0 radical (unpaired) electrons. The first kappa shape index (κ1) is 18.1. The number of carbonyl (C=O) groups excluding carboxylic acids is 1. The maximum Gasteiger partial charge on any atom is 0.410 e. The zero-order valence-corrected chi connectivity index (χ0v) is 12.8. The number of carbonyl (C=O) groups is 1. The molecule has 1 amide bonds. The molecular weight excluding hydrogens is 221 g/mol. The van der Waals surface area contributed by atoms with Crippen LogP contribution in [0.2, 0.25) is 0 Å². The molecule has 4 heteroatoms. The normalized spacial score (nSPS) is 10.2. The molecule has 98 valence electrons. The first-order chi connectivity index (χ1) is 7.40. The summed E-state index contributed by atoms with van der Waals surface area (Å²) in [6, 6.07) is 0. The number of hydrogen-bond acceptors (Lipinski definition) is 2. The maximum absolute atomic E-state index is 11.6. The molecule has 0 aromatic heterocycles. The summed E-state index contributed by atoms with van der Waals surface area (Å²) in [4.78, 5) is 13.4. The van der Waals surface area contributed by atoms with Crippen molar-refractivity contribution < 1.29 is 9.53 Å². The number of amides is 1. The second kappa shape index (κ2) is 9.89. The minimum absolute atomic E-state index is 0.207. The third-order valence-electron chi connectivity index (χ3n) is 1.54. The molecule has 16 heavy (non-hydrogen) atoms. The molecular formula is C12H28NO2P. The van der Waals surface area contributed by atoms with Crippen molar-refractivity contribution in [1.29, 1.82) is 0 Å². The van der Waals surface area contributed by atoms with Gasteiger partial charge in [0.05, 0.1) is 0 Å². The van der Waals surface area contributed by atoms with Gasteiger partial charge in [-0.3, -0.25) is 0 Å². The van der Waals surface area contributed by atoms with E-state index in [1.165, 1.54) is 0 Å². The third kappa shape index (κ3) is 10.2. The van der Waals surface area contributed by atoms with E-state index in [1.54, 1.807) is 4.90 Å². The second-order valence-corrected chi connectivity index (χ2v) is 4.83. The molecule has 0 spiro atoms. The van der Waals surface area contributed by atoms with E-state index in [0.29, 0.717) is 0 Å². The lowest BCUT2D eigenvalue weighted by atomic mass is 10.2. The average Bonchev–Trinajstić information content (AvgIpc) is 2.18. The summed E-state index contributed by atoms with van der Waals surface area (Å²) in [6.07, 6.45) is 1.64. The Morgan fingerprint density at radius 1 is 1.25 bits per heavy atom. The van der Waals surface area contributed by atoms with E-state index < -0.39 is 5.60 Å². The largest absolute Gasteiger partial charge is 0.444 e. The van der Waals surface area contributed by atoms with Crippen LogP contribution in [0.1, 0.15) is 48.0 Å². The molecule has 0 aliphatic carbocycles. The Bertz CT molecular complexity index is 172. The summed E-state index contributed by atoms with van der Waals surface area (Å²) in [7, 11) is 2.62. The van der Waals surface area contributed by atoms with Crippen molar-refractivity contribution in [3.63, 3.8) is 0 Å². The van der Waals surface area contributed by atoms with Gasteiger partial charge in [0, 0.05) is 13.1 Å². The van der Waals surface area contributed by atoms with Gasteiger partial charge in [0.2, 0.25) is 0 Å². The number of ether oxygens (including phenoxy) is 1. The van der Waals surface area contributed by atoms with Crippen LogP contribution in [0.25, 0.3) is 0 Å². The van der Waals surface area contributed by atoms with E-state index in [-0.39, 0.29) is 6.09 Å². The summed E-state index contributed by atoms with van der Waals surface area (Å²) in [5.41, 5.74) is -0.399. The lowest BCUT2D eigenvalue weighted by Gasteiger charge is -2.26. The lowest BCUT2D eigenvalue weighted by molar-refractivity contribution is 0.0262. The van der Waals surface area contributed by atoms with Crippen LogP contribution in [-0.2, 0) is 4.74 Å². The van der Waals surface area contributed by atoms with Gasteiger partial charge in [0.25, 0.3) is 0 Å². The number of rotatable bonds is 4. The Morgan fingerprint density at radius 2 is 1.75 bits per heavy atom. The molecule has 0 saturated heterocycles. The highest BCUT2D eigenvalue weighted by molar-refractivity contribution is 7.16. The van der Waals surface area contributed by atoms with Gasteiger partial charge < -0.3 is 9.64 Å². The van der Waals surface area contributed by atoms with Crippen LogP contribution in [0.3, 0.4) is 0 Å². The second-order valence-electron chi connectivity index (χ2n) is 4.26. The molecule has 0 aromatic carbocycles. The van der Waals surface area contributed by atoms with Crippen molar-refractivity contribution in [3.8, 4) is 0 Å². The molecule has 1 unspecified atom stereocenters. The zero-order chi connectivity index (χ0) is 13.2. The Hall–Kier alpha value is -0.300. The first-order valence-corrected chi connectivity index (χ1v) is 6.90. The highest BCUT2D eigenvalue weighted by atomic mass is 31.0. The van der Waals surface area contributed by atoms with Crippen molar-refractivity contribution >= 4 is 15.3 Å². The molecule has 0 fully saturated rings. The Kier molecular flexibility index (Phi) is 11.2. The molecule has 0 aliphatic rings. The molecule has 0 saturated carbocycles. The fourth-order valence-corrected chi connectivity index (χ4v) is 1.36. The number of nitrogens with zero attached hydrogens (tertiary/aromatic N) is 1. The quantitative estimate of drug-likeness (QED) is 0.713. The fourth-order valence-electron chi connectivity index (χ4n) is 1.05. The smallest absolute Gasteiger partial charge is 0.410 e. The average molecular weight is 249 g/mol. The van der Waals surface area contributed by atoms with Gasteiger partial charge in [-0.05, 0) is 33.4 Å². The van der Waals surface area contributed by atoms with Gasteiger partial charge in [-0.25, -0.2) is 4.79 Å². The molecule has 0 aliphatic heterocycles. The highest BCUT2D eigenvalue weighted by Crippen LogP contribution is 2.10. The van der Waals surface area contributed by atoms with E-state index in [9.17, 15) is 4.79 Å². The molecule has 0 rings (SSSR count). The minimum atomic E-state index is -0.399.